The zero-order chi connectivity index (χ0) is 112. The summed E-state index contributed by atoms with van der Waals surface area (Å²) >= 11 is 1.30. The van der Waals surface area contributed by atoms with E-state index in [-0.39, 0.29) is 205 Å². The van der Waals surface area contributed by atoms with E-state index in [1.165, 1.54) is 44.4 Å². The van der Waals surface area contributed by atoms with Gasteiger partial charge in [0.05, 0.1) is 19.2 Å². The third-order valence-electron chi connectivity index (χ3n) is 22.0. The lowest BCUT2D eigenvalue weighted by Gasteiger charge is -2.31. The molecule has 1 aliphatic heterocycles. The summed E-state index contributed by atoms with van der Waals surface area (Å²) in [6.45, 7) is 4.94. The average Bonchev–Trinajstić information content (AvgIpc) is 1.67. The number of nitrogens with zero attached hydrogens (tertiary/aromatic N) is 1. The lowest BCUT2D eigenvalue weighted by atomic mass is 10.0. The zero-order valence-corrected chi connectivity index (χ0v) is 85.3. The number of nitrogens with one attached hydrogen (secondary N) is 28. The van der Waals surface area contributed by atoms with Gasteiger partial charge in [0.2, 0.25) is 94.5 Å². The normalized spacial score (nSPS) is 14.7. The van der Waals surface area contributed by atoms with E-state index in [1.54, 1.807) is 6.26 Å². The molecule has 1 saturated heterocycles. The first-order valence-electron chi connectivity index (χ1n) is 48.2. The lowest BCUT2D eigenvalue weighted by Crippen LogP contribution is -2.61. The van der Waals surface area contributed by atoms with Crippen LogP contribution in [0.3, 0.4) is 0 Å². The molecule has 15 atom stereocenters. The van der Waals surface area contributed by atoms with Gasteiger partial charge in [0.25, 0.3) is 5.97 Å². The van der Waals surface area contributed by atoms with Crippen LogP contribution in [0.25, 0.3) is 0 Å². The van der Waals surface area contributed by atoms with Crippen LogP contribution >= 0.6 is 11.8 Å². The molecule has 1 heterocycles. The fourth-order valence-electron chi connectivity index (χ4n) is 14.3. The summed E-state index contributed by atoms with van der Waals surface area (Å²) in [7, 11) is 0. The van der Waals surface area contributed by atoms with E-state index in [0.29, 0.717) is 0 Å². The maximum atomic E-state index is 15.0. The van der Waals surface area contributed by atoms with Gasteiger partial charge in [0.15, 0.2) is 41.7 Å². The van der Waals surface area contributed by atoms with Crippen LogP contribution in [0.2, 0.25) is 0 Å². The molecule has 63 heteroatoms. The number of rotatable bonds is 74. The molecule has 16 amide bonds. The van der Waals surface area contributed by atoms with E-state index in [2.05, 4.69) is 112 Å². The van der Waals surface area contributed by atoms with Crippen molar-refractivity contribution in [2.75, 3.05) is 84.1 Å². The number of carbonyl (C=O) groups excluding carboxylic acids is 16. The third kappa shape index (κ3) is 58.9. The number of thioether (sulfide) groups is 1. The molecule has 148 heavy (non-hydrogen) atoms. The van der Waals surface area contributed by atoms with Gasteiger partial charge in [0.1, 0.15) is 84.6 Å². The Hall–Kier alpha value is -14.9. The minimum absolute atomic E-state index is 0.00392. The van der Waals surface area contributed by atoms with Crippen LogP contribution in [0.1, 0.15) is 189 Å². The topological polar surface area (TPSA) is 1090 Å². The van der Waals surface area contributed by atoms with Crippen molar-refractivity contribution in [3.63, 3.8) is 0 Å². The summed E-state index contributed by atoms with van der Waals surface area (Å²) in [5.74, 6) is -23.5. The van der Waals surface area contributed by atoms with Crippen LogP contribution in [0.4, 0.5) is 0 Å². The second-order valence-electron chi connectivity index (χ2n) is 35.1. The van der Waals surface area contributed by atoms with E-state index in [4.69, 9.17) is 105 Å². The summed E-state index contributed by atoms with van der Waals surface area (Å²) in [5.41, 5.74) is 55.9. The molecule has 0 aliphatic carbocycles. The van der Waals surface area contributed by atoms with E-state index < -0.39 is 283 Å². The molecular formula is C85H159N39O23S. The monoisotopic (exact) mass is 2130 g/mol. The molecule has 15 unspecified atom stereocenters. The van der Waals surface area contributed by atoms with Gasteiger partial charge >= 0.3 is 11.9 Å². The molecule has 1 aliphatic rings. The number of aliphatic carboxylic acids is 3. The van der Waals surface area contributed by atoms with Gasteiger partial charge in [-0.25, -0.2) is 4.79 Å². The van der Waals surface area contributed by atoms with Gasteiger partial charge in [0, 0.05) is 72.1 Å². The molecule has 52 N–H and O–H groups in total. The molecule has 1 fully saturated rings. The fourth-order valence-corrected chi connectivity index (χ4v) is 14.8. The third-order valence-corrected chi connectivity index (χ3v) is 22.7. The molecule has 1 rings (SSSR count). The van der Waals surface area contributed by atoms with Crippen molar-refractivity contribution >= 4 is 166 Å². The number of nitrogens with two attached hydrogens (primary N) is 10. The number of amides is 16. The van der Waals surface area contributed by atoms with Gasteiger partial charge in [-0.1, -0.05) is 27.7 Å². The predicted octanol–water partition coefficient (Wildman–Crippen LogP) is -12.9. The molecule has 0 radical (unpaired) electrons. The van der Waals surface area contributed by atoms with Crippen LogP contribution in [0.5, 0.6) is 0 Å². The minimum Gasteiger partial charge on any atom is -0.481 e. The van der Waals surface area contributed by atoms with Gasteiger partial charge < -0.3 is 194 Å². The van der Waals surface area contributed by atoms with Crippen LogP contribution in [0, 0.1) is 49.7 Å². The van der Waals surface area contributed by atoms with Crippen molar-refractivity contribution in [1.82, 2.24) is 117 Å². The SMILES string of the molecule is CC(=O)O.CSCCC(NC(=O)C(CCCNC(=N)N)NC(=O)C(N)CCC(=O)O)C(=O)NC(CCCNC(=N)N)C(=O)N1CCCC1C(=O)NC(CCCNC(=N)N)C(=O)NC(CCCCN)C(=O)NC(CCCNC(=N)N)C(=O)NC(CCC(N)=O)C(=O)NCC(=O)NC(CO)C(=O)NC(C(=O)NC(CCCNC(=N)N)C(=O)NC(CCCNC(=N)N)C(=O)NC(CCCNC(=N)N)C(=O)NC(C(=O)O)C(C)C)C(C)C. The molecule has 0 bridgehead atoms. The van der Waals surface area contributed by atoms with Gasteiger partial charge in [-0.3, -0.25) is 124 Å². The Bertz CT molecular complexity index is 4420. The highest BCUT2D eigenvalue weighted by molar-refractivity contribution is 7.98. The quantitative estimate of drug-likeness (QED) is 0.0153. The number of likely N-dealkylation sites (tertiary alicyclic amines) is 1. The number of hydrogen-bond acceptors (Lipinski definition) is 30. The maximum Gasteiger partial charge on any atom is 0.326 e. The number of hydrogen-bond donors (Lipinski definition) is 42. The summed E-state index contributed by atoms with van der Waals surface area (Å²) in [4.78, 5) is 261. The van der Waals surface area contributed by atoms with E-state index in [9.17, 15) is 96.8 Å². The number of carboxylic acid groups (broad SMARTS) is 3. The molecule has 0 aromatic carbocycles. The fraction of sp³-hybridized carbons (Fsp3) is 0.694. The van der Waals surface area contributed by atoms with E-state index >= 15 is 4.79 Å². The highest BCUT2D eigenvalue weighted by Crippen LogP contribution is 2.22. The Kier molecular flexibility index (Phi) is 66.5. The molecule has 0 aromatic rings. The van der Waals surface area contributed by atoms with Crippen LogP contribution < -0.4 is 169 Å². The van der Waals surface area contributed by atoms with Gasteiger partial charge in [-0.2, -0.15) is 11.8 Å². The summed E-state index contributed by atoms with van der Waals surface area (Å²) in [6, 6.07) is -22.9. The number of primary amides is 1. The van der Waals surface area contributed by atoms with Crippen LogP contribution in [0.15, 0.2) is 0 Å². The molecule has 0 saturated carbocycles. The van der Waals surface area contributed by atoms with Gasteiger partial charge in [-0.05, 0) is 172 Å². The first-order valence-corrected chi connectivity index (χ1v) is 49.6. The van der Waals surface area contributed by atoms with Crippen LogP contribution in [-0.4, -0.2) is 354 Å². The lowest BCUT2D eigenvalue weighted by molar-refractivity contribution is -0.143. The predicted molar refractivity (Wildman–Crippen MR) is 544 cm³/mol. The summed E-state index contributed by atoms with van der Waals surface area (Å²) in [6.07, 6.45) is -0.780. The average molecular weight is 2130 g/mol. The van der Waals surface area contributed by atoms with Crippen LogP contribution in [-0.2, 0) is 91.1 Å². The Labute approximate surface area is 860 Å². The number of aliphatic hydroxyl groups is 1. The number of aliphatic hydroxyl groups excluding tert-OH is 1. The Balaban J connectivity index is 0.0000530. The van der Waals surface area contributed by atoms with E-state index in [1.807, 2.05) is 0 Å². The van der Waals surface area contributed by atoms with Crippen molar-refractivity contribution in [2.45, 2.75) is 279 Å². The number of carbonyl (C=O) groups is 19. The first-order chi connectivity index (χ1) is 69.6. The first kappa shape index (κ1) is 133. The largest absolute Gasteiger partial charge is 0.481 e. The summed E-state index contributed by atoms with van der Waals surface area (Å²) < 4.78 is 0. The van der Waals surface area contributed by atoms with Gasteiger partial charge in [-0.15, -0.1) is 0 Å². The highest BCUT2D eigenvalue weighted by Gasteiger charge is 2.43. The second-order valence-corrected chi connectivity index (χ2v) is 36.1. The summed E-state index contributed by atoms with van der Waals surface area (Å²) in [5, 5.41) is 144. The van der Waals surface area contributed by atoms with Crippen molar-refractivity contribution in [1.29, 1.82) is 37.9 Å². The molecular weight excluding hydrogens is 1970 g/mol. The van der Waals surface area contributed by atoms with Crippen molar-refractivity contribution in [2.24, 2.45) is 69.2 Å². The number of guanidine groups is 7. The van der Waals surface area contributed by atoms with Crippen molar-refractivity contribution in [3.8, 4) is 0 Å². The van der Waals surface area contributed by atoms with Crippen molar-refractivity contribution < 1.29 is 112 Å². The Morgan fingerprint density at radius 1 is 0.351 bits per heavy atom. The standard InChI is InChI=1S/C83H155N39O21S.C2H4O2/c1-42(2)60(74(140)118-50(21-12-35-105-81(95)96)69(135)113-47(18-9-32-102-78(89)90)66(132)114-51(22-13-36-106-82(97)98)71(137)121-61(43(3)4)76(142)143)120-72(138)55(41-123)109-58(125)40-108-63(129)52(26-27-57(86)124)115-67(133)48(19-10-33-103-79(91)92)112-64(130)45(16-6-7-30-84)111-68(134)49(20-11-34-104-80(93)94)117-73(139)56-24-15-38-122(56)75(141)54(23-14-37-107-83(99)100)119-70(136)53(29-39-144-5)116-65(131)46(17-8-31-101-77(87)88)110-62(128)44(85)25-28-59(126)127;1-2(3)4/h42-56,60-61,123H,6-41,84-85H2,1-5H3,(H2,86,124)(H,108,129)(H,109,125)(H,110,128)(H,111,134)(H,112,130)(H,113,135)(H,114,132)(H,115,133)(H,116,131)(H,117,139)(H,118,140)(H,119,136)(H,120,138)(H,121,137)(H,126,127)(H,142,143)(H4,87,88,101)(H4,89,90,102)(H4,91,92,103)(H4,93,94,104)(H4,95,96,105)(H4,97,98,106)(H4,99,100,107);1H3,(H,3,4). The van der Waals surface area contributed by atoms with E-state index in [0.717, 1.165) is 6.92 Å². The smallest absolute Gasteiger partial charge is 0.326 e. The number of unbranched alkanes of at least 4 members (excludes halogenated alkanes) is 1. The Morgan fingerprint density at radius 3 is 0.966 bits per heavy atom. The zero-order valence-electron chi connectivity index (χ0n) is 84.4. The highest BCUT2D eigenvalue weighted by atomic mass is 32.2. The van der Waals surface area contributed by atoms with Crippen molar-refractivity contribution in [3.05, 3.63) is 0 Å². The molecule has 0 aromatic heterocycles. The molecule has 838 valence electrons. The Morgan fingerprint density at radius 2 is 0.649 bits per heavy atom. The minimum atomic E-state index is -1.89. The maximum absolute atomic E-state index is 15.0. The number of carboxylic acids is 3. The molecule has 0 spiro atoms. The molecule has 62 nitrogen and oxygen atoms in total. The second kappa shape index (κ2) is 74.0.